The monoisotopic (exact) mass is 385 g/mol. The minimum absolute atomic E-state index is 0.0110. The molecule has 8 nitrogen and oxygen atoms in total. The molecule has 0 atom stereocenters. The van der Waals surface area contributed by atoms with Crippen LogP contribution in [0.15, 0.2) is 24.3 Å². The first-order chi connectivity index (χ1) is 13.4. The van der Waals surface area contributed by atoms with Crippen molar-refractivity contribution in [3.05, 3.63) is 51.3 Å². The molecule has 0 bridgehead atoms. The minimum atomic E-state index is -0.452. The molecule has 150 valence electrons. The van der Waals surface area contributed by atoms with Gasteiger partial charge in [-0.05, 0) is 50.8 Å². The first kappa shape index (κ1) is 19.9. The molecule has 8 heteroatoms. The summed E-state index contributed by atoms with van der Waals surface area (Å²) in [4.78, 5) is 27.2. The Morgan fingerprint density at radius 2 is 1.82 bits per heavy atom. The molecular weight excluding hydrogens is 358 g/mol. The van der Waals surface area contributed by atoms with E-state index in [2.05, 4.69) is 34.3 Å². The Balaban J connectivity index is 1.61. The van der Waals surface area contributed by atoms with Gasteiger partial charge in [0, 0.05) is 32.4 Å². The lowest BCUT2D eigenvalue weighted by Gasteiger charge is -2.29. The Hall–Kier alpha value is -2.90. The lowest BCUT2D eigenvalue weighted by Crippen LogP contribution is -2.31. The van der Waals surface area contributed by atoms with E-state index in [4.69, 9.17) is 0 Å². The van der Waals surface area contributed by atoms with Gasteiger partial charge in [0.25, 0.3) is 0 Å². The number of hydrogen-bond acceptors (Lipinski definition) is 5. The molecule has 28 heavy (non-hydrogen) atoms. The van der Waals surface area contributed by atoms with Gasteiger partial charge in [0.15, 0.2) is 0 Å². The molecule has 0 N–H and O–H groups in total. The van der Waals surface area contributed by atoms with Crippen LogP contribution in [0.2, 0.25) is 0 Å². The van der Waals surface area contributed by atoms with Gasteiger partial charge >= 0.3 is 5.69 Å². The number of likely N-dealkylation sites (N-methyl/N-ethyl adjacent to an activating group) is 1. The normalized spacial score (nSPS) is 14.2. The molecule has 0 unspecified atom stereocenters. The molecule has 0 saturated carbocycles. The van der Waals surface area contributed by atoms with Crippen molar-refractivity contribution < 1.29 is 9.72 Å². The van der Waals surface area contributed by atoms with Crippen LogP contribution in [0.3, 0.4) is 0 Å². The summed E-state index contributed by atoms with van der Waals surface area (Å²) in [5.41, 5.74) is 2.98. The van der Waals surface area contributed by atoms with Gasteiger partial charge in [-0.25, -0.2) is 0 Å². The standard InChI is InChI=1S/C20H27N5O3/c1-15-20(25(27)28)16(2)24(21-15)14-19(26)22(3)13-17-7-9-18(10-8-17)23-11-5-4-6-12-23/h7-10H,4-6,11-14H2,1-3H3. The maximum Gasteiger partial charge on any atom is 0.312 e. The number of nitro groups is 1. The molecular formula is C20H27N5O3. The third-order valence-corrected chi connectivity index (χ3v) is 5.31. The highest BCUT2D eigenvalue weighted by molar-refractivity contribution is 5.75. The van der Waals surface area contributed by atoms with Crippen LogP contribution in [-0.2, 0) is 17.9 Å². The van der Waals surface area contributed by atoms with Crippen molar-refractivity contribution in [2.24, 2.45) is 0 Å². The molecule has 0 spiro atoms. The summed E-state index contributed by atoms with van der Waals surface area (Å²) in [6, 6.07) is 8.34. The van der Waals surface area contributed by atoms with Crippen LogP contribution in [0, 0.1) is 24.0 Å². The highest BCUT2D eigenvalue weighted by Gasteiger charge is 2.23. The highest BCUT2D eigenvalue weighted by atomic mass is 16.6. The van der Waals surface area contributed by atoms with E-state index in [0.29, 0.717) is 17.9 Å². The Kier molecular flexibility index (Phi) is 5.96. The Bertz CT molecular complexity index is 853. The van der Waals surface area contributed by atoms with E-state index in [1.165, 1.54) is 29.6 Å². The van der Waals surface area contributed by atoms with Crippen LogP contribution >= 0.6 is 0 Å². The number of hydrogen-bond donors (Lipinski definition) is 0. The van der Waals surface area contributed by atoms with Crippen LogP contribution in [0.25, 0.3) is 0 Å². The number of aryl methyl sites for hydroxylation is 1. The molecule has 2 aromatic rings. The molecule has 3 rings (SSSR count). The molecule has 2 heterocycles. The lowest BCUT2D eigenvalue weighted by molar-refractivity contribution is -0.386. The number of benzene rings is 1. The van der Waals surface area contributed by atoms with Crippen LogP contribution in [0.5, 0.6) is 0 Å². The average Bonchev–Trinajstić information content (AvgIpc) is 2.96. The molecule has 0 radical (unpaired) electrons. The van der Waals surface area contributed by atoms with Crippen molar-refractivity contribution >= 4 is 17.3 Å². The number of anilines is 1. The van der Waals surface area contributed by atoms with Crippen LogP contribution < -0.4 is 4.90 Å². The first-order valence-electron chi connectivity index (χ1n) is 9.63. The number of carbonyl (C=O) groups is 1. The van der Waals surface area contributed by atoms with Gasteiger partial charge in [-0.2, -0.15) is 5.10 Å². The average molecular weight is 385 g/mol. The van der Waals surface area contributed by atoms with E-state index in [1.807, 2.05) is 0 Å². The van der Waals surface area contributed by atoms with E-state index < -0.39 is 4.92 Å². The summed E-state index contributed by atoms with van der Waals surface area (Å²) in [7, 11) is 1.74. The maximum absolute atomic E-state index is 12.6. The fraction of sp³-hybridized carbons (Fsp3) is 0.500. The fourth-order valence-corrected chi connectivity index (χ4v) is 3.68. The molecule has 1 aliphatic heterocycles. The van der Waals surface area contributed by atoms with Gasteiger partial charge < -0.3 is 9.80 Å². The van der Waals surface area contributed by atoms with Crippen LogP contribution in [0.4, 0.5) is 11.4 Å². The number of piperidine rings is 1. The van der Waals surface area contributed by atoms with Crippen molar-refractivity contribution in [2.45, 2.75) is 46.2 Å². The van der Waals surface area contributed by atoms with Crippen molar-refractivity contribution in [2.75, 3.05) is 25.0 Å². The minimum Gasteiger partial charge on any atom is -0.372 e. The first-order valence-corrected chi connectivity index (χ1v) is 9.63. The predicted octanol–water partition coefficient (Wildman–Crippen LogP) is 3.06. The summed E-state index contributed by atoms with van der Waals surface area (Å²) >= 11 is 0. The van der Waals surface area contributed by atoms with Gasteiger partial charge in [0.05, 0.1) is 4.92 Å². The SMILES string of the molecule is Cc1nn(CC(=O)N(C)Cc2ccc(N3CCCCC3)cc2)c(C)c1[N+](=O)[O-]. The summed E-state index contributed by atoms with van der Waals surface area (Å²) < 4.78 is 1.41. The molecule has 1 aromatic heterocycles. The summed E-state index contributed by atoms with van der Waals surface area (Å²) in [5, 5.41) is 15.3. The second-order valence-corrected chi connectivity index (χ2v) is 7.40. The highest BCUT2D eigenvalue weighted by Crippen LogP contribution is 2.22. The third kappa shape index (κ3) is 4.32. The van der Waals surface area contributed by atoms with E-state index >= 15 is 0 Å². The molecule has 0 aliphatic carbocycles. The van der Waals surface area contributed by atoms with Gasteiger partial charge in [0.2, 0.25) is 5.91 Å². The molecule has 1 saturated heterocycles. The summed E-state index contributed by atoms with van der Waals surface area (Å²) in [6.45, 7) is 5.88. The maximum atomic E-state index is 12.6. The van der Waals surface area contributed by atoms with Gasteiger partial charge in [0.1, 0.15) is 17.9 Å². The predicted molar refractivity (Wildman–Crippen MR) is 107 cm³/mol. The van der Waals surface area contributed by atoms with Gasteiger partial charge in [-0.1, -0.05) is 12.1 Å². The Morgan fingerprint density at radius 3 is 2.39 bits per heavy atom. The number of carbonyl (C=O) groups excluding carboxylic acids is 1. The molecule has 1 aliphatic rings. The Labute approximate surface area is 164 Å². The van der Waals surface area contributed by atoms with Crippen molar-refractivity contribution in [3.8, 4) is 0 Å². The third-order valence-electron chi connectivity index (χ3n) is 5.31. The van der Waals surface area contributed by atoms with Crippen molar-refractivity contribution in [3.63, 3.8) is 0 Å². The quantitative estimate of drug-likeness (QED) is 0.564. The zero-order chi connectivity index (χ0) is 20.3. The van der Waals surface area contributed by atoms with Crippen LogP contribution in [0.1, 0.15) is 36.2 Å². The Morgan fingerprint density at radius 1 is 1.18 bits per heavy atom. The summed E-state index contributed by atoms with van der Waals surface area (Å²) in [6.07, 6.45) is 3.78. The zero-order valence-corrected chi connectivity index (χ0v) is 16.7. The second kappa shape index (κ2) is 8.41. The second-order valence-electron chi connectivity index (χ2n) is 7.40. The van der Waals surface area contributed by atoms with Crippen LogP contribution in [-0.4, -0.2) is 45.6 Å². The van der Waals surface area contributed by atoms with Crippen molar-refractivity contribution in [1.29, 1.82) is 0 Å². The number of rotatable bonds is 6. The van der Waals surface area contributed by atoms with E-state index in [9.17, 15) is 14.9 Å². The largest absolute Gasteiger partial charge is 0.372 e. The van der Waals surface area contributed by atoms with E-state index in [1.54, 1.807) is 25.8 Å². The number of amides is 1. The fourth-order valence-electron chi connectivity index (χ4n) is 3.68. The van der Waals surface area contributed by atoms with Crippen molar-refractivity contribution in [1.82, 2.24) is 14.7 Å². The zero-order valence-electron chi connectivity index (χ0n) is 16.7. The van der Waals surface area contributed by atoms with Gasteiger partial charge in [-0.15, -0.1) is 0 Å². The van der Waals surface area contributed by atoms with Gasteiger partial charge in [-0.3, -0.25) is 19.6 Å². The smallest absolute Gasteiger partial charge is 0.312 e. The van der Waals surface area contributed by atoms with E-state index in [0.717, 1.165) is 18.7 Å². The number of aromatic nitrogens is 2. The lowest BCUT2D eigenvalue weighted by atomic mass is 10.1. The van der Waals surface area contributed by atoms with E-state index in [-0.39, 0.29) is 18.1 Å². The molecule has 1 amide bonds. The topological polar surface area (TPSA) is 84.5 Å². The number of nitrogens with zero attached hydrogens (tertiary/aromatic N) is 5. The molecule has 1 aromatic carbocycles. The summed E-state index contributed by atoms with van der Waals surface area (Å²) in [5.74, 6) is -0.138. The molecule has 1 fully saturated rings.